The van der Waals surface area contributed by atoms with E-state index in [0.717, 1.165) is 16.0 Å². The van der Waals surface area contributed by atoms with Crippen LogP contribution in [0.25, 0.3) is 27.3 Å². The van der Waals surface area contributed by atoms with Gasteiger partial charge in [-0.1, -0.05) is 41.4 Å². The van der Waals surface area contributed by atoms with Crippen molar-refractivity contribution in [3.63, 3.8) is 0 Å². The Morgan fingerprint density at radius 1 is 1.15 bits per heavy atom. The summed E-state index contributed by atoms with van der Waals surface area (Å²) in [6, 6.07) is 11.1. The summed E-state index contributed by atoms with van der Waals surface area (Å²) in [5.41, 5.74) is 3.00. The Morgan fingerprint density at radius 2 is 1.92 bits per heavy atom. The highest BCUT2D eigenvalue weighted by Crippen LogP contribution is 2.40. The number of carboxylic acid groups (broad SMARTS) is 1. The summed E-state index contributed by atoms with van der Waals surface area (Å²) < 4.78 is 2.18. The van der Waals surface area contributed by atoms with Crippen LogP contribution in [0.4, 0.5) is 0 Å². The van der Waals surface area contributed by atoms with Gasteiger partial charge in [0.2, 0.25) is 0 Å². The SMILES string of the molecule is Cc1nn2c(-c3ccc(Cl)s3)c(-c3ccccc3Cl)cnc2c1C(=O)O. The van der Waals surface area contributed by atoms with Crippen molar-refractivity contribution in [2.24, 2.45) is 0 Å². The van der Waals surface area contributed by atoms with Crippen molar-refractivity contribution in [1.29, 1.82) is 0 Å². The second-order valence-corrected chi connectivity index (χ2v) is 7.73. The molecule has 0 aliphatic rings. The van der Waals surface area contributed by atoms with E-state index in [4.69, 9.17) is 23.2 Å². The molecule has 8 heteroatoms. The molecule has 0 fully saturated rings. The van der Waals surface area contributed by atoms with Crippen LogP contribution in [-0.4, -0.2) is 25.7 Å². The lowest BCUT2D eigenvalue weighted by molar-refractivity contribution is 0.0698. The fourth-order valence-corrected chi connectivity index (χ4v) is 4.22. The zero-order chi connectivity index (χ0) is 18.4. The first-order chi connectivity index (χ1) is 12.5. The summed E-state index contributed by atoms with van der Waals surface area (Å²) in [6.45, 7) is 1.65. The third-order valence-corrected chi connectivity index (χ3v) is 5.57. The van der Waals surface area contributed by atoms with Gasteiger partial charge in [0.1, 0.15) is 5.56 Å². The number of hydrogen-bond donors (Lipinski definition) is 1. The molecule has 5 nitrogen and oxygen atoms in total. The topological polar surface area (TPSA) is 67.5 Å². The maximum absolute atomic E-state index is 11.6. The molecule has 0 aliphatic carbocycles. The molecule has 0 unspecified atom stereocenters. The van der Waals surface area contributed by atoms with Crippen LogP contribution in [0.3, 0.4) is 0 Å². The Labute approximate surface area is 162 Å². The van der Waals surface area contributed by atoms with Crippen molar-refractivity contribution in [1.82, 2.24) is 14.6 Å². The Balaban J connectivity index is 2.13. The molecule has 0 saturated heterocycles. The van der Waals surface area contributed by atoms with E-state index in [0.29, 0.717) is 20.7 Å². The molecule has 0 spiro atoms. The summed E-state index contributed by atoms with van der Waals surface area (Å²) in [5.74, 6) is -1.06. The van der Waals surface area contributed by atoms with Gasteiger partial charge in [-0.25, -0.2) is 14.3 Å². The molecular formula is C18H11Cl2N3O2S. The average molecular weight is 404 g/mol. The number of rotatable bonds is 3. The van der Waals surface area contributed by atoms with Crippen LogP contribution in [0.2, 0.25) is 9.36 Å². The summed E-state index contributed by atoms with van der Waals surface area (Å²) in [7, 11) is 0. The maximum atomic E-state index is 11.6. The fourth-order valence-electron chi connectivity index (χ4n) is 2.90. The quantitative estimate of drug-likeness (QED) is 0.494. The molecule has 0 saturated carbocycles. The summed E-state index contributed by atoms with van der Waals surface area (Å²) >= 11 is 13.9. The minimum atomic E-state index is -1.06. The van der Waals surface area contributed by atoms with Gasteiger partial charge < -0.3 is 5.11 Å². The number of aromatic carboxylic acids is 1. The van der Waals surface area contributed by atoms with Gasteiger partial charge in [-0.05, 0) is 25.1 Å². The molecule has 0 bridgehead atoms. The number of benzene rings is 1. The Morgan fingerprint density at radius 3 is 2.58 bits per heavy atom. The van der Waals surface area contributed by atoms with Crippen molar-refractivity contribution in [3.05, 3.63) is 63.2 Å². The molecular weight excluding hydrogens is 393 g/mol. The second-order valence-electron chi connectivity index (χ2n) is 5.61. The van der Waals surface area contributed by atoms with Gasteiger partial charge in [0.25, 0.3) is 0 Å². The molecule has 1 aromatic carbocycles. The number of hydrogen-bond acceptors (Lipinski definition) is 4. The van der Waals surface area contributed by atoms with Crippen LogP contribution in [-0.2, 0) is 0 Å². The minimum Gasteiger partial charge on any atom is -0.477 e. The van der Waals surface area contributed by atoms with E-state index >= 15 is 0 Å². The van der Waals surface area contributed by atoms with Gasteiger partial charge >= 0.3 is 5.97 Å². The first kappa shape index (κ1) is 17.0. The van der Waals surface area contributed by atoms with Crippen LogP contribution in [0.15, 0.2) is 42.6 Å². The number of carbonyl (C=O) groups is 1. The number of aromatic nitrogens is 3. The molecule has 0 atom stereocenters. The number of thiophene rings is 1. The second kappa shape index (κ2) is 6.39. The van der Waals surface area contributed by atoms with Gasteiger partial charge in [-0.3, -0.25) is 0 Å². The molecule has 1 N–H and O–H groups in total. The molecule has 0 amide bonds. The summed E-state index contributed by atoms with van der Waals surface area (Å²) in [4.78, 5) is 16.8. The van der Waals surface area contributed by atoms with E-state index in [1.54, 1.807) is 29.8 Å². The van der Waals surface area contributed by atoms with Gasteiger partial charge in [0, 0.05) is 22.3 Å². The molecule has 3 aromatic heterocycles. The van der Waals surface area contributed by atoms with Crippen LogP contribution < -0.4 is 0 Å². The molecule has 4 aromatic rings. The Kier molecular flexibility index (Phi) is 4.19. The summed E-state index contributed by atoms with van der Waals surface area (Å²) in [5, 5.41) is 14.5. The zero-order valence-corrected chi connectivity index (χ0v) is 15.7. The molecule has 0 aliphatic heterocycles. The van der Waals surface area contributed by atoms with E-state index in [1.165, 1.54) is 11.3 Å². The van der Waals surface area contributed by atoms with Gasteiger partial charge in [-0.15, -0.1) is 11.3 Å². The molecule has 130 valence electrons. The Bertz CT molecular complexity index is 1170. The smallest absolute Gasteiger partial charge is 0.341 e. The lowest BCUT2D eigenvalue weighted by atomic mass is 10.0. The number of fused-ring (bicyclic) bond motifs is 1. The lowest BCUT2D eigenvalue weighted by Gasteiger charge is -2.11. The predicted molar refractivity (Wildman–Crippen MR) is 103 cm³/mol. The van der Waals surface area contributed by atoms with Crippen molar-refractivity contribution < 1.29 is 9.90 Å². The number of aryl methyl sites for hydroxylation is 1. The highest BCUT2D eigenvalue weighted by atomic mass is 35.5. The summed E-state index contributed by atoms with van der Waals surface area (Å²) in [6.07, 6.45) is 1.63. The van der Waals surface area contributed by atoms with Crippen LogP contribution >= 0.6 is 34.5 Å². The van der Waals surface area contributed by atoms with Gasteiger partial charge in [0.15, 0.2) is 5.65 Å². The predicted octanol–water partition coefficient (Wildman–Crippen LogP) is 5.44. The third kappa shape index (κ3) is 2.67. The molecule has 26 heavy (non-hydrogen) atoms. The van der Waals surface area contributed by atoms with E-state index in [9.17, 15) is 9.90 Å². The highest BCUT2D eigenvalue weighted by Gasteiger charge is 2.23. The number of carboxylic acids is 1. The van der Waals surface area contributed by atoms with E-state index in [2.05, 4.69) is 10.1 Å². The number of halogens is 2. The molecule has 0 radical (unpaired) electrons. The van der Waals surface area contributed by atoms with Crippen molar-refractivity contribution in [3.8, 4) is 21.7 Å². The van der Waals surface area contributed by atoms with Crippen LogP contribution in [0, 0.1) is 6.92 Å². The normalized spacial score (nSPS) is 11.2. The fraction of sp³-hybridized carbons (Fsp3) is 0.0556. The lowest BCUT2D eigenvalue weighted by Crippen LogP contribution is -2.02. The molecule has 4 rings (SSSR count). The monoisotopic (exact) mass is 403 g/mol. The average Bonchev–Trinajstić information content (AvgIpc) is 3.16. The van der Waals surface area contributed by atoms with Gasteiger partial charge in [0.05, 0.1) is 20.6 Å². The van der Waals surface area contributed by atoms with Gasteiger partial charge in [-0.2, -0.15) is 5.10 Å². The van der Waals surface area contributed by atoms with E-state index in [-0.39, 0.29) is 11.2 Å². The first-order valence-electron chi connectivity index (χ1n) is 7.59. The first-order valence-corrected chi connectivity index (χ1v) is 9.17. The van der Waals surface area contributed by atoms with Crippen LogP contribution in [0.1, 0.15) is 16.1 Å². The third-order valence-electron chi connectivity index (χ3n) is 4.00. The van der Waals surface area contributed by atoms with Crippen molar-refractivity contribution in [2.75, 3.05) is 0 Å². The minimum absolute atomic E-state index is 0.0830. The van der Waals surface area contributed by atoms with Crippen molar-refractivity contribution >= 4 is 46.2 Å². The number of nitrogens with zero attached hydrogens (tertiary/aromatic N) is 3. The van der Waals surface area contributed by atoms with E-state index < -0.39 is 5.97 Å². The Hall–Kier alpha value is -2.41. The van der Waals surface area contributed by atoms with Crippen LogP contribution in [0.5, 0.6) is 0 Å². The standard InChI is InChI=1S/C18H11Cl2N3O2S/c1-9-15(18(24)25)17-21-8-11(10-4-2-3-5-12(10)19)16(23(17)22-9)13-6-7-14(20)26-13/h2-8H,1H3,(H,24,25). The maximum Gasteiger partial charge on any atom is 0.341 e. The van der Waals surface area contributed by atoms with Crippen molar-refractivity contribution in [2.45, 2.75) is 6.92 Å². The molecule has 3 heterocycles. The van der Waals surface area contributed by atoms with E-state index in [1.807, 2.05) is 24.3 Å². The highest BCUT2D eigenvalue weighted by molar-refractivity contribution is 7.19. The largest absolute Gasteiger partial charge is 0.477 e. The zero-order valence-electron chi connectivity index (χ0n) is 13.4.